The van der Waals surface area contributed by atoms with Gasteiger partial charge in [0.1, 0.15) is 5.82 Å². The van der Waals surface area contributed by atoms with Crippen LogP contribution in [0.3, 0.4) is 0 Å². The molecular formula is C14H14N6OS2. The molecule has 118 valence electrons. The first kappa shape index (κ1) is 15.6. The van der Waals surface area contributed by atoms with Crippen LogP contribution in [0.5, 0.6) is 0 Å². The number of aromatic amines is 1. The minimum absolute atomic E-state index is 0.189. The van der Waals surface area contributed by atoms with Crippen molar-refractivity contribution < 1.29 is 4.79 Å². The normalized spacial score (nSPS) is 12.0. The number of aromatic nitrogens is 5. The molecule has 0 aromatic carbocycles. The third kappa shape index (κ3) is 4.36. The van der Waals surface area contributed by atoms with E-state index in [4.69, 9.17) is 0 Å². The van der Waals surface area contributed by atoms with Gasteiger partial charge >= 0.3 is 0 Å². The van der Waals surface area contributed by atoms with Gasteiger partial charge in [-0.25, -0.2) is 15.0 Å². The van der Waals surface area contributed by atoms with E-state index in [0.29, 0.717) is 17.5 Å². The van der Waals surface area contributed by atoms with Crippen LogP contribution in [0.1, 0.15) is 17.6 Å². The number of carbonyl (C=O) groups excluding carboxylic acids is 1. The van der Waals surface area contributed by atoms with Crippen molar-refractivity contribution in [1.29, 1.82) is 0 Å². The molecule has 0 saturated heterocycles. The van der Waals surface area contributed by atoms with Gasteiger partial charge in [-0.05, 0) is 24.4 Å². The Hall–Kier alpha value is -2.26. The minimum Gasteiger partial charge on any atom is -0.294 e. The second-order valence-electron chi connectivity index (χ2n) is 4.64. The van der Waals surface area contributed by atoms with Crippen molar-refractivity contribution in [2.24, 2.45) is 0 Å². The number of thioether (sulfide) groups is 1. The summed E-state index contributed by atoms with van der Waals surface area (Å²) in [5.41, 5.74) is 0. The number of anilines is 1. The highest BCUT2D eigenvalue weighted by Gasteiger charge is 2.18. The predicted molar refractivity (Wildman–Crippen MR) is 89.5 cm³/mol. The standard InChI is InChI=1S/C14H14N6OS2/c1-9(12(21)18-13-15-5-3-6-16-13)23-14-17-11(19-20-14)8-10-4-2-7-22-10/h2-7,9H,8H2,1H3,(H,17,19,20)(H,15,16,18,21). The molecule has 3 rings (SSSR count). The molecular weight excluding hydrogens is 332 g/mol. The highest BCUT2D eigenvalue weighted by molar-refractivity contribution is 8.00. The number of hydrogen-bond acceptors (Lipinski definition) is 7. The zero-order valence-corrected chi connectivity index (χ0v) is 13.9. The van der Waals surface area contributed by atoms with E-state index in [2.05, 4.69) is 36.5 Å². The molecule has 1 amide bonds. The Bertz CT molecular complexity index is 759. The lowest BCUT2D eigenvalue weighted by Crippen LogP contribution is -2.23. The minimum atomic E-state index is -0.357. The average molecular weight is 346 g/mol. The first-order valence-electron chi connectivity index (χ1n) is 6.89. The van der Waals surface area contributed by atoms with Crippen molar-refractivity contribution in [1.82, 2.24) is 25.1 Å². The average Bonchev–Trinajstić information content (AvgIpc) is 3.21. The van der Waals surface area contributed by atoms with Crippen molar-refractivity contribution in [2.45, 2.75) is 23.8 Å². The monoisotopic (exact) mass is 346 g/mol. The number of carbonyl (C=O) groups is 1. The van der Waals surface area contributed by atoms with Crippen molar-refractivity contribution >= 4 is 35.0 Å². The molecule has 3 aromatic rings. The van der Waals surface area contributed by atoms with Gasteiger partial charge < -0.3 is 0 Å². The fraction of sp³-hybridized carbons (Fsp3) is 0.214. The Balaban J connectivity index is 1.56. The molecule has 0 radical (unpaired) electrons. The van der Waals surface area contributed by atoms with Crippen LogP contribution in [0.4, 0.5) is 5.95 Å². The molecule has 0 bridgehead atoms. The zero-order valence-electron chi connectivity index (χ0n) is 12.3. The first-order chi connectivity index (χ1) is 11.2. The molecule has 0 aliphatic heterocycles. The molecule has 0 aliphatic carbocycles. The van der Waals surface area contributed by atoms with Crippen molar-refractivity contribution in [3.05, 3.63) is 46.7 Å². The fourth-order valence-corrected chi connectivity index (χ4v) is 3.23. The zero-order chi connectivity index (χ0) is 16.1. The highest BCUT2D eigenvalue weighted by atomic mass is 32.2. The van der Waals surface area contributed by atoms with Crippen molar-refractivity contribution in [3.63, 3.8) is 0 Å². The van der Waals surface area contributed by atoms with Crippen LogP contribution < -0.4 is 5.32 Å². The van der Waals surface area contributed by atoms with Crippen LogP contribution in [-0.4, -0.2) is 36.3 Å². The lowest BCUT2D eigenvalue weighted by atomic mass is 10.3. The number of H-pyrrole nitrogens is 1. The van der Waals surface area contributed by atoms with Crippen LogP contribution in [0.25, 0.3) is 0 Å². The van der Waals surface area contributed by atoms with Crippen LogP contribution in [-0.2, 0) is 11.2 Å². The smallest absolute Gasteiger partial charge is 0.240 e. The largest absolute Gasteiger partial charge is 0.294 e. The number of amides is 1. The maximum atomic E-state index is 12.1. The summed E-state index contributed by atoms with van der Waals surface area (Å²) >= 11 is 2.96. The van der Waals surface area contributed by atoms with Gasteiger partial charge in [0.15, 0.2) is 0 Å². The van der Waals surface area contributed by atoms with Gasteiger partial charge in [0.25, 0.3) is 0 Å². The Labute approximate surface area is 141 Å². The van der Waals surface area contributed by atoms with E-state index < -0.39 is 0 Å². The third-order valence-corrected chi connectivity index (χ3v) is 4.72. The van der Waals surface area contributed by atoms with Gasteiger partial charge in [-0.2, -0.15) is 0 Å². The molecule has 7 nitrogen and oxygen atoms in total. The number of nitrogens with zero attached hydrogens (tertiary/aromatic N) is 4. The summed E-state index contributed by atoms with van der Waals surface area (Å²) in [4.78, 5) is 25.7. The van der Waals surface area contributed by atoms with Gasteiger partial charge in [0.2, 0.25) is 17.0 Å². The first-order valence-corrected chi connectivity index (χ1v) is 8.65. The summed E-state index contributed by atoms with van der Waals surface area (Å²) in [6.07, 6.45) is 3.86. The molecule has 1 atom stereocenters. The molecule has 1 unspecified atom stereocenters. The van der Waals surface area contributed by atoms with E-state index in [1.165, 1.54) is 16.6 Å². The van der Waals surface area contributed by atoms with Crippen molar-refractivity contribution in [3.8, 4) is 0 Å². The molecule has 9 heteroatoms. The van der Waals surface area contributed by atoms with Crippen LogP contribution in [0.15, 0.2) is 41.1 Å². The lowest BCUT2D eigenvalue weighted by molar-refractivity contribution is -0.115. The summed E-state index contributed by atoms with van der Waals surface area (Å²) < 4.78 is 0. The summed E-state index contributed by atoms with van der Waals surface area (Å²) in [5, 5.41) is 11.9. The van der Waals surface area contributed by atoms with E-state index in [1.54, 1.807) is 36.7 Å². The van der Waals surface area contributed by atoms with Crippen LogP contribution >= 0.6 is 23.1 Å². The summed E-state index contributed by atoms with van der Waals surface area (Å²) in [5.74, 6) is 0.887. The van der Waals surface area contributed by atoms with E-state index in [1.807, 2.05) is 11.4 Å². The van der Waals surface area contributed by atoms with Gasteiger partial charge in [0.05, 0.1) is 5.25 Å². The number of nitrogens with one attached hydrogen (secondary N) is 2. The summed E-state index contributed by atoms with van der Waals surface area (Å²) in [6.45, 7) is 1.79. The number of rotatable bonds is 6. The van der Waals surface area contributed by atoms with Gasteiger partial charge in [-0.1, -0.05) is 17.8 Å². The molecule has 2 N–H and O–H groups in total. The number of thiophene rings is 1. The molecule has 0 spiro atoms. The Morgan fingerprint density at radius 2 is 2.22 bits per heavy atom. The van der Waals surface area contributed by atoms with Gasteiger partial charge in [-0.3, -0.25) is 15.2 Å². The quantitative estimate of drug-likeness (QED) is 0.665. The second kappa shape index (κ2) is 7.34. The Morgan fingerprint density at radius 3 is 2.96 bits per heavy atom. The van der Waals surface area contributed by atoms with Gasteiger partial charge in [0, 0.05) is 23.7 Å². The third-order valence-electron chi connectivity index (χ3n) is 2.89. The van der Waals surface area contributed by atoms with Crippen molar-refractivity contribution in [2.75, 3.05) is 5.32 Å². The van der Waals surface area contributed by atoms with E-state index >= 15 is 0 Å². The summed E-state index contributed by atoms with van der Waals surface area (Å²) in [6, 6.07) is 5.75. The van der Waals surface area contributed by atoms with Crippen LogP contribution in [0.2, 0.25) is 0 Å². The number of hydrogen-bond donors (Lipinski definition) is 2. The van der Waals surface area contributed by atoms with Crippen LogP contribution in [0, 0.1) is 0 Å². The van der Waals surface area contributed by atoms with Gasteiger partial charge in [-0.15, -0.1) is 16.4 Å². The maximum absolute atomic E-state index is 12.1. The predicted octanol–water partition coefficient (Wildman–Crippen LogP) is 2.37. The molecule has 0 aliphatic rings. The van der Waals surface area contributed by atoms with E-state index in [0.717, 1.165) is 5.82 Å². The summed E-state index contributed by atoms with van der Waals surface area (Å²) in [7, 11) is 0. The lowest BCUT2D eigenvalue weighted by Gasteiger charge is -2.08. The van der Waals surface area contributed by atoms with E-state index in [9.17, 15) is 4.79 Å². The second-order valence-corrected chi connectivity index (χ2v) is 6.98. The fourth-order valence-electron chi connectivity index (χ4n) is 1.77. The molecule has 0 fully saturated rings. The SMILES string of the molecule is CC(Sc1n[nH]c(Cc2cccs2)n1)C(=O)Nc1ncccn1. The molecule has 3 heterocycles. The molecule has 3 aromatic heterocycles. The Morgan fingerprint density at radius 1 is 1.39 bits per heavy atom. The highest BCUT2D eigenvalue weighted by Crippen LogP contribution is 2.21. The molecule has 23 heavy (non-hydrogen) atoms. The molecule has 0 saturated carbocycles. The maximum Gasteiger partial charge on any atom is 0.240 e. The van der Waals surface area contributed by atoms with E-state index in [-0.39, 0.29) is 11.2 Å². The Kier molecular flexibility index (Phi) is 4.99. The topological polar surface area (TPSA) is 96.5 Å².